The SMILES string of the molecule is Cc1cccc(Cl)c1-c1cccc([C@H](CC(=O)O)CC(=O)[C@H](CC2CC2)n2cc(C(C)N(C)C)ccc2=O)c1.Cc1cccc(Cl)c1-c1cncc([C@H](CC(=O)O)CC(=O)[C@H](CC(C)C)n2cccc(C(C(F)F)N3CCC3)c2=O)c1. The fourth-order valence-electron chi connectivity index (χ4n) is 10.9. The zero-order valence-electron chi connectivity index (χ0n) is 47.0. The Bertz CT molecular complexity index is 3300. The lowest BCUT2D eigenvalue weighted by atomic mass is 9.86. The molecule has 0 radical (unpaired) electrons. The molecule has 1 aliphatic carbocycles. The van der Waals surface area contributed by atoms with Crippen LogP contribution in [0.3, 0.4) is 0 Å². The van der Waals surface area contributed by atoms with Crippen molar-refractivity contribution in [1.82, 2.24) is 23.9 Å². The maximum absolute atomic E-state index is 14.1. The molecule has 13 nitrogen and oxygen atoms in total. The molecule has 3 aromatic carbocycles. The third-order valence-corrected chi connectivity index (χ3v) is 16.4. The molecule has 2 unspecified atom stereocenters. The van der Waals surface area contributed by atoms with Crippen LogP contribution in [-0.4, -0.2) is 91.2 Å². The van der Waals surface area contributed by atoms with Gasteiger partial charge in [-0.25, -0.2) is 8.78 Å². The molecule has 1 aliphatic heterocycles. The number of nitrogens with zero attached hydrogens (tertiary/aromatic N) is 5. The van der Waals surface area contributed by atoms with Crippen molar-refractivity contribution in [1.29, 1.82) is 0 Å². The number of aryl methyl sites for hydroxylation is 2. The van der Waals surface area contributed by atoms with Crippen LogP contribution in [-0.2, 0) is 19.2 Å². The van der Waals surface area contributed by atoms with Crippen LogP contribution in [0.4, 0.5) is 8.78 Å². The van der Waals surface area contributed by atoms with Crippen molar-refractivity contribution < 1.29 is 38.2 Å². The summed E-state index contributed by atoms with van der Waals surface area (Å²) in [7, 11) is 3.95. The average molecular weight is 1150 g/mol. The zero-order chi connectivity index (χ0) is 58.8. The number of rotatable bonds is 25. The Kier molecular flexibility index (Phi) is 21.3. The summed E-state index contributed by atoms with van der Waals surface area (Å²) in [6, 6.07) is 24.1. The molecular weight excluding hydrogens is 1080 g/mol. The number of aliphatic carboxylic acids is 2. The van der Waals surface area contributed by atoms with Crippen LogP contribution in [0.2, 0.25) is 10.0 Å². The van der Waals surface area contributed by atoms with Crippen molar-refractivity contribution in [3.8, 4) is 22.3 Å². The highest BCUT2D eigenvalue weighted by Gasteiger charge is 2.37. The number of ketones is 2. The molecule has 430 valence electrons. The second kappa shape index (κ2) is 27.9. The van der Waals surface area contributed by atoms with Gasteiger partial charge in [0.1, 0.15) is 6.04 Å². The largest absolute Gasteiger partial charge is 0.481 e. The number of carboxylic acid groups (broad SMARTS) is 2. The average Bonchev–Trinajstić information content (AvgIpc) is 4.28. The molecule has 3 aromatic heterocycles. The van der Waals surface area contributed by atoms with E-state index in [1.165, 1.54) is 29.0 Å². The summed E-state index contributed by atoms with van der Waals surface area (Å²) < 4.78 is 31.0. The Morgan fingerprint density at radius 3 is 1.81 bits per heavy atom. The number of aromatic nitrogens is 3. The topological polar surface area (TPSA) is 172 Å². The summed E-state index contributed by atoms with van der Waals surface area (Å²) in [5, 5.41) is 20.6. The lowest BCUT2D eigenvalue weighted by Crippen LogP contribution is -2.46. The van der Waals surface area contributed by atoms with E-state index in [1.54, 1.807) is 34.0 Å². The standard InChI is InChI=1S/C32H36ClF2N3O4.C32H37ClN2O4/c1-19(2)13-26(38-12-5-8-24(32(38)42)30(31(34)35)37-10-6-11-37)27(39)15-21(16-28(40)41)22-14-23(18-36-17-22)29-20(3)7-4-9-25(29)33;1-20-7-5-10-27(33)32(20)24-9-6-8-23(16-24)26(18-31(38)39)17-29(36)28(15-22-11-12-22)35-19-25(13-14-30(35)37)21(2)34(3)4/h4-5,7-9,12,14,17-19,21,26,30-31H,6,10-11,13,15-16H2,1-3H3,(H,40,41);5-10,13-14,16,19,21-22,26,28H,11-12,15,17-18H2,1-4H3,(H,38,39)/t21-,26-,30?;21?,26-,28-/m00/s1. The van der Waals surface area contributed by atoms with Gasteiger partial charge in [-0.15, -0.1) is 0 Å². The molecule has 8 rings (SSSR count). The van der Waals surface area contributed by atoms with E-state index >= 15 is 0 Å². The smallest absolute Gasteiger partial charge is 0.303 e. The molecule has 4 heterocycles. The van der Waals surface area contributed by atoms with E-state index in [9.17, 15) is 47.8 Å². The van der Waals surface area contributed by atoms with Crippen LogP contribution in [0.5, 0.6) is 0 Å². The zero-order valence-corrected chi connectivity index (χ0v) is 48.5. The normalized spacial score (nSPS) is 15.7. The van der Waals surface area contributed by atoms with E-state index in [0.29, 0.717) is 53.0 Å². The lowest BCUT2D eigenvalue weighted by molar-refractivity contribution is -0.138. The first-order valence-electron chi connectivity index (χ1n) is 27.7. The Morgan fingerprint density at radius 2 is 1.27 bits per heavy atom. The minimum atomic E-state index is -2.76. The summed E-state index contributed by atoms with van der Waals surface area (Å²) >= 11 is 13.0. The maximum Gasteiger partial charge on any atom is 0.303 e. The van der Waals surface area contributed by atoms with E-state index in [2.05, 4.69) is 16.8 Å². The highest BCUT2D eigenvalue weighted by Crippen LogP contribution is 2.41. The molecule has 0 spiro atoms. The molecular formula is C64H73Cl2F2N5O8. The first kappa shape index (κ1) is 62.0. The minimum Gasteiger partial charge on any atom is -0.481 e. The molecule has 2 aliphatic rings. The molecule has 2 N–H and O–H groups in total. The van der Waals surface area contributed by atoms with Crippen molar-refractivity contribution in [2.75, 3.05) is 27.2 Å². The van der Waals surface area contributed by atoms with Crippen molar-refractivity contribution >= 4 is 46.7 Å². The number of Topliss-reactive ketones (excluding diaryl/α,β-unsaturated/α-hetero) is 2. The van der Waals surface area contributed by atoms with Crippen LogP contribution in [0.1, 0.15) is 148 Å². The quantitative estimate of drug-likeness (QED) is 0.0559. The van der Waals surface area contributed by atoms with Crippen LogP contribution >= 0.6 is 23.2 Å². The number of hydrogen-bond donors (Lipinski definition) is 2. The van der Waals surface area contributed by atoms with E-state index in [1.807, 2.05) is 109 Å². The second-order valence-electron chi connectivity index (χ2n) is 22.5. The van der Waals surface area contributed by atoms with Gasteiger partial charge in [0.05, 0.1) is 24.9 Å². The Labute approximate surface area is 482 Å². The number of hydrogen-bond acceptors (Lipinski definition) is 9. The lowest BCUT2D eigenvalue weighted by Gasteiger charge is -2.38. The molecule has 6 aromatic rings. The van der Waals surface area contributed by atoms with Gasteiger partial charge in [-0.3, -0.25) is 38.7 Å². The summed E-state index contributed by atoms with van der Waals surface area (Å²) in [4.78, 5) is 86.2. The van der Waals surface area contributed by atoms with E-state index < -0.39 is 53.9 Å². The number of carbonyl (C=O) groups excluding carboxylic acids is 2. The van der Waals surface area contributed by atoms with Gasteiger partial charge < -0.3 is 24.2 Å². The highest BCUT2D eigenvalue weighted by atomic mass is 35.5. The van der Waals surface area contributed by atoms with Gasteiger partial charge in [0.25, 0.3) is 17.5 Å². The minimum absolute atomic E-state index is 0.00176. The van der Waals surface area contributed by atoms with E-state index in [0.717, 1.165) is 58.2 Å². The highest BCUT2D eigenvalue weighted by molar-refractivity contribution is 6.34. The van der Waals surface area contributed by atoms with Gasteiger partial charge in [0, 0.05) is 107 Å². The van der Waals surface area contributed by atoms with E-state index in [-0.39, 0.29) is 60.3 Å². The fraction of sp³-hybridized carbons (Fsp3) is 0.422. The van der Waals surface area contributed by atoms with E-state index in [4.69, 9.17) is 23.2 Å². The van der Waals surface area contributed by atoms with Crippen LogP contribution in [0, 0.1) is 25.7 Å². The predicted molar refractivity (Wildman–Crippen MR) is 314 cm³/mol. The number of carboxylic acids is 2. The van der Waals surface area contributed by atoms with Crippen molar-refractivity contribution in [2.45, 2.75) is 135 Å². The third kappa shape index (κ3) is 15.9. The Morgan fingerprint density at radius 1 is 0.691 bits per heavy atom. The van der Waals surface area contributed by atoms with Gasteiger partial charge >= 0.3 is 11.9 Å². The van der Waals surface area contributed by atoms with Crippen molar-refractivity contribution in [2.24, 2.45) is 11.8 Å². The maximum atomic E-state index is 14.1. The molecule has 0 bridgehead atoms. The predicted octanol–water partition coefficient (Wildman–Crippen LogP) is 13.3. The van der Waals surface area contributed by atoms with Crippen LogP contribution in [0.25, 0.3) is 22.3 Å². The fourth-order valence-corrected chi connectivity index (χ4v) is 11.6. The Balaban J connectivity index is 0.000000234. The molecule has 1 saturated carbocycles. The second-order valence-corrected chi connectivity index (χ2v) is 23.3. The summed E-state index contributed by atoms with van der Waals surface area (Å²) in [6.07, 6.45) is 6.82. The van der Waals surface area contributed by atoms with Gasteiger partial charge in [-0.2, -0.15) is 0 Å². The first-order valence-corrected chi connectivity index (χ1v) is 28.4. The number of benzene rings is 3. The first-order chi connectivity index (χ1) is 38.5. The van der Waals surface area contributed by atoms with Gasteiger partial charge in [0.2, 0.25) is 0 Å². The summed E-state index contributed by atoms with van der Waals surface area (Å²) in [5.41, 5.74) is 6.59. The van der Waals surface area contributed by atoms with Crippen molar-refractivity contribution in [3.63, 3.8) is 0 Å². The number of alkyl halides is 2. The number of likely N-dealkylation sites (tertiary alicyclic amines) is 1. The number of carbonyl (C=O) groups is 4. The molecule has 17 heteroatoms. The summed E-state index contributed by atoms with van der Waals surface area (Å²) in [5.74, 6) is -3.35. The van der Waals surface area contributed by atoms with Gasteiger partial charge in [-0.05, 0) is 124 Å². The number of halogens is 4. The molecule has 81 heavy (non-hydrogen) atoms. The Hall–Kier alpha value is -6.65. The monoisotopic (exact) mass is 1150 g/mol. The molecule has 6 atom stereocenters. The summed E-state index contributed by atoms with van der Waals surface area (Å²) in [6.45, 7) is 10.7. The van der Waals surface area contributed by atoms with Crippen LogP contribution < -0.4 is 11.1 Å². The third-order valence-electron chi connectivity index (χ3n) is 15.8. The van der Waals surface area contributed by atoms with Gasteiger partial charge in [-0.1, -0.05) is 111 Å². The van der Waals surface area contributed by atoms with Crippen molar-refractivity contribution in [3.05, 3.63) is 180 Å². The van der Waals surface area contributed by atoms with Gasteiger partial charge in [0.15, 0.2) is 11.6 Å². The number of pyridine rings is 3. The molecule has 1 saturated heterocycles. The molecule has 0 amide bonds. The molecule has 2 fully saturated rings. The van der Waals surface area contributed by atoms with Crippen LogP contribution in [0.15, 0.2) is 125 Å².